The van der Waals surface area contributed by atoms with E-state index in [-0.39, 0.29) is 18.2 Å². The van der Waals surface area contributed by atoms with E-state index < -0.39 is 11.4 Å². The van der Waals surface area contributed by atoms with Crippen LogP contribution in [0.2, 0.25) is 0 Å². The summed E-state index contributed by atoms with van der Waals surface area (Å²) in [6, 6.07) is 4.38. The molecule has 0 radical (unpaired) electrons. The number of aromatic nitrogens is 2. The van der Waals surface area contributed by atoms with E-state index in [0.29, 0.717) is 11.4 Å². The molecule has 0 aliphatic carbocycles. The van der Waals surface area contributed by atoms with Gasteiger partial charge in [0, 0.05) is 12.7 Å². The molecule has 0 aliphatic rings. The Morgan fingerprint density at radius 2 is 2.15 bits per heavy atom. The van der Waals surface area contributed by atoms with Gasteiger partial charge in [0.2, 0.25) is 0 Å². The Balaban J connectivity index is 2.31. The van der Waals surface area contributed by atoms with Gasteiger partial charge in [0.1, 0.15) is 5.54 Å². The van der Waals surface area contributed by atoms with Gasteiger partial charge in [-0.25, -0.2) is 4.39 Å². The fourth-order valence-electron chi connectivity index (χ4n) is 1.74. The predicted octanol–water partition coefficient (Wildman–Crippen LogP) is 1.70. The Labute approximate surface area is 115 Å². The minimum absolute atomic E-state index is 0.150. The molecule has 0 saturated heterocycles. The van der Waals surface area contributed by atoms with Gasteiger partial charge in [-0.05, 0) is 25.1 Å². The first-order chi connectivity index (χ1) is 9.47. The minimum atomic E-state index is -0.873. The van der Waals surface area contributed by atoms with E-state index in [2.05, 4.69) is 10.1 Å². The number of methoxy groups -OCH3 is 2. The summed E-state index contributed by atoms with van der Waals surface area (Å²) >= 11 is 0. The first kappa shape index (κ1) is 14.4. The molecule has 20 heavy (non-hydrogen) atoms. The Bertz CT molecular complexity index is 598. The molecule has 108 valence electrons. The fraction of sp³-hybridized carbons (Fsp3) is 0.385. The number of hydrogen-bond donors (Lipinski definition) is 1. The van der Waals surface area contributed by atoms with E-state index in [9.17, 15) is 4.39 Å². The molecule has 0 saturated carbocycles. The molecule has 7 heteroatoms. The quantitative estimate of drug-likeness (QED) is 0.898. The van der Waals surface area contributed by atoms with Crippen LogP contribution in [-0.4, -0.2) is 31.0 Å². The number of benzene rings is 1. The molecule has 6 nitrogen and oxygen atoms in total. The second kappa shape index (κ2) is 5.56. The number of ether oxygens (including phenoxy) is 2. The monoisotopic (exact) mass is 281 g/mol. The molecule has 0 aliphatic heterocycles. The van der Waals surface area contributed by atoms with Gasteiger partial charge in [-0.1, -0.05) is 5.16 Å². The first-order valence-corrected chi connectivity index (χ1v) is 5.94. The molecule has 2 rings (SSSR count). The Morgan fingerprint density at radius 3 is 2.75 bits per heavy atom. The van der Waals surface area contributed by atoms with Crippen LogP contribution in [0.15, 0.2) is 22.7 Å². The summed E-state index contributed by atoms with van der Waals surface area (Å²) in [7, 11) is 2.93. The highest BCUT2D eigenvalue weighted by molar-refractivity contribution is 5.54. The zero-order valence-electron chi connectivity index (χ0n) is 11.5. The van der Waals surface area contributed by atoms with Gasteiger partial charge in [-0.2, -0.15) is 4.98 Å². The SMILES string of the molecule is COCC(C)(N)c1noc(-c2ccc(OC)c(F)c2)n1. The maximum Gasteiger partial charge on any atom is 0.258 e. The van der Waals surface area contributed by atoms with Crippen LogP contribution in [0.5, 0.6) is 5.75 Å². The molecule has 1 aromatic heterocycles. The van der Waals surface area contributed by atoms with Crippen molar-refractivity contribution in [2.45, 2.75) is 12.5 Å². The third kappa shape index (κ3) is 2.78. The summed E-state index contributed by atoms with van der Waals surface area (Å²) in [6.45, 7) is 1.96. The van der Waals surface area contributed by atoms with Crippen molar-refractivity contribution in [1.82, 2.24) is 10.1 Å². The highest BCUT2D eigenvalue weighted by Gasteiger charge is 2.28. The summed E-state index contributed by atoms with van der Waals surface area (Å²) in [4.78, 5) is 4.18. The molecule has 1 aromatic carbocycles. The molecular weight excluding hydrogens is 265 g/mol. The van der Waals surface area contributed by atoms with E-state index in [1.807, 2.05) is 0 Å². The second-order valence-corrected chi connectivity index (χ2v) is 4.62. The van der Waals surface area contributed by atoms with Gasteiger partial charge < -0.3 is 19.7 Å². The van der Waals surface area contributed by atoms with Crippen LogP contribution >= 0.6 is 0 Å². The average molecular weight is 281 g/mol. The lowest BCUT2D eigenvalue weighted by molar-refractivity contribution is 0.135. The molecular formula is C13H16FN3O3. The summed E-state index contributed by atoms with van der Waals surface area (Å²) in [5.74, 6) is 0.133. The lowest BCUT2D eigenvalue weighted by atomic mass is 10.1. The molecule has 1 atom stereocenters. The van der Waals surface area contributed by atoms with Gasteiger partial charge in [0.15, 0.2) is 17.4 Å². The van der Waals surface area contributed by atoms with Gasteiger partial charge in [-0.3, -0.25) is 0 Å². The second-order valence-electron chi connectivity index (χ2n) is 4.62. The number of nitrogens with two attached hydrogens (primary N) is 1. The van der Waals surface area contributed by atoms with Crippen molar-refractivity contribution in [2.24, 2.45) is 5.73 Å². The minimum Gasteiger partial charge on any atom is -0.494 e. The van der Waals surface area contributed by atoms with Crippen LogP contribution in [-0.2, 0) is 10.3 Å². The van der Waals surface area contributed by atoms with Crippen molar-refractivity contribution in [1.29, 1.82) is 0 Å². The Hall–Kier alpha value is -1.99. The van der Waals surface area contributed by atoms with Crippen LogP contribution < -0.4 is 10.5 Å². The summed E-state index contributed by atoms with van der Waals surface area (Å²) in [5, 5.41) is 3.81. The van der Waals surface area contributed by atoms with Crippen molar-refractivity contribution in [3.8, 4) is 17.2 Å². The molecule has 1 heterocycles. The summed E-state index contributed by atoms with van der Waals surface area (Å²) in [6.07, 6.45) is 0. The Kier molecular flexibility index (Phi) is 4.01. The number of rotatable bonds is 5. The summed E-state index contributed by atoms with van der Waals surface area (Å²) < 4.78 is 28.6. The van der Waals surface area contributed by atoms with Crippen LogP contribution in [0.1, 0.15) is 12.7 Å². The third-order valence-corrected chi connectivity index (χ3v) is 2.78. The van der Waals surface area contributed by atoms with E-state index in [0.717, 1.165) is 0 Å². The van der Waals surface area contributed by atoms with E-state index >= 15 is 0 Å². The molecule has 0 amide bonds. The normalized spacial score (nSPS) is 14.1. The van der Waals surface area contributed by atoms with Gasteiger partial charge in [0.05, 0.1) is 13.7 Å². The van der Waals surface area contributed by atoms with Crippen molar-refractivity contribution in [3.63, 3.8) is 0 Å². The highest BCUT2D eigenvalue weighted by atomic mass is 19.1. The third-order valence-electron chi connectivity index (χ3n) is 2.78. The zero-order valence-corrected chi connectivity index (χ0v) is 11.5. The van der Waals surface area contributed by atoms with Crippen LogP contribution in [0.4, 0.5) is 4.39 Å². The van der Waals surface area contributed by atoms with Gasteiger partial charge >= 0.3 is 0 Å². The number of hydrogen-bond acceptors (Lipinski definition) is 6. The lowest BCUT2D eigenvalue weighted by Crippen LogP contribution is -2.38. The molecule has 0 bridgehead atoms. The molecule has 0 spiro atoms. The van der Waals surface area contributed by atoms with E-state index in [1.54, 1.807) is 13.0 Å². The van der Waals surface area contributed by atoms with Crippen molar-refractivity contribution >= 4 is 0 Å². The van der Waals surface area contributed by atoms with E-state index in [1.165, 1.54) is 26.4 Å². The van der Waals surface area contributed by atoms with Crippen molar-refractivity contribution in [2.75, 3.05) is 20.8 Å². The standard InChI is InChI=1S/C13H16FN3O3/c1-13(15,7-18-2)12-16-11(20-17-12)8-4-5-10(19-3)9(14)6-8/h4-6H,7,15H2,1-3H3. The maximum atomic E-state index is 13.6. The predicted molar refractivity (Wildman–Crippen MR) is 69.7 cm³/mol. The fourth-order valence-corrected chi connectivity index (χ4v) is 1.74. The molecule has 2 aromatic rings. The first-order valence-electron chi connectivity index (χ1n) is 5.94. The van der Waals surface area contributed by atoms with Gasteiger partial charge in [-0.15, -0.1) is 0 Å². The number of halogens is 1. The van der Waals surface area contributed by atoms with Crippen LogP contribution in [0.3, 0.4) is 0 Å². The van der Waals surface area contributed by atoms with Crippen LogP contribution in [0, 0.1) is 5.82 Å². The zero-order chi connectivity index (χ0) is 14.8. The van der Waals surface area contributed by atoms with Crippen molar-refractivity contribution < 1.29 is 18.4 Å². The summed E-state index contributed by atoms with van der Waals surface area (Å²) in [5.41, 5.74) is 5.59. The van der Waals surface area contributed by atoms with E-state index in [4.69, 9.17) is 19.7 Å². The van der Waals surface area contributed by atoms with Crippen LogP contribution in [0.25, 0.3) is 11.5 Å². The van der Waals surface area contributed by atoms with Crippen molar-refractivity contribution in [3.05, 3.63) is 29.8 Å². The highest BCUT2D eigenvalue weighted by Crippen LogP contribution is 2.25. The maximum absolute atomic E-state index is 13.6. The smallest absolute Gasteiger partial charge is 0.258 e. The lowest BCUT2D eigenvalue weighted by Gasteiger charge is -2.18. The Morgan fingerprint density at radius 1 is 1.40 bits per heavy atom. The molecule has 1 unspecified atom stereocenters. The molecule has 0 fully saturated rings. The number of nitrogens with zero attached hydrogens (tertiary/aromatic N) is 2. The average Bonchev–Trinajstić information content (AvgIpc) is 2.89. The van der Waals surface area contributed by atoms with Gasteiger partial charge in [0.25, 0.3) is 5.89 Å². The molecule has 2 N–H and O–H groups in total. The largest absolute Gasteiger partial charge is 0.494 e. The topological polar surface area (TPSA) is 83.4 Å².